The molecule has 1 N–H and O–H groups in total. The maximum absolute atomic E-state index is 13.3. The second-order valence-corrected chi connectivity index (χ2v) is 8.26. The van der Waals surface area contributed by atoms with Crippen LogP contribution in [0.15, 0.2) is 53.7 Å². The molecular weight excluding hydrogens is 439 g/mol. The molecule has 0 spiro atoms. The Labute approximate surface area is 190 Å². The van der Waals surface area contributed by atoms with Crippen LogP contribution in [0.5, 0.6) is 5.75 Å². The molecule has 1 heterocycles. The quantitative estimate of drug-likeness (QED) is 0.442. The molecule has 1 aromatic heterocycles. The maximum Gasteiger partial charge on any atom is 0.230 e. The van der Waals surface area contributed by atoms with Gasteiger partial charge in [0.25, 0.3) is 0 Å². The van der Waals surface area contributed by atoms with Gasteiger partial charge in [-0.05, 0) is 44.5 Å². The van der Waals surface area contributed by atoms with Crippen molar-refractivity contribution < 1.29 is 13.9 Å². The first-order chi connectivity index (χ1) is 14.9. The molecule has 3 rings (SSSR count). The summed E-state index contributed by atoms with van der Waals surface area (Å²) in [6.07, 6.45) is -0.461. The van der Waals surface area contributed by atoms with Crippen molar-refractivity contribution in [3.8, 4) is 5.75 Å². The molecule has 0 aliphatic heterocycles. The minimum atomic E-state index is -0.461. The van der Waals surface area contributed by atoms with Gasteiger partial charge >= 0.3 is 0 Å². The topological polar surface area (TPSA) is 69.0 Å². The Bertz CT molecular complexity index is 1030. The molecule has 2 unspecified atom stereocenters. The lowest BCUT2D eigenvalue weighted by molar-refractivity contribution is -0.119. The summed E-state index contributed by atoms with van der Waals surface area (Å²) in [5.74, 6) is 0.665. The van der Waals surface area contributed by atoms with E-state index in [9.17, 15) is 9.18 Å². The molecule has 164 valence electrons. The highest BCUT2D eigenvalue weighted by Gasteiger charge is 2.20. The van der Waals surface area contributed by atoms with E-state index in [0.29, 0.717) is 23.3 Å². The first kappa shape index (κ1) is 23.1. The normalized spacial score (nSPS) is 12.9. The highest BCUT2D eigenvalue weighted by Crippen LogP contribution is 2.30. The number of carbonyl (C=O) groups excluding carboxylic acids is 1. The predicted molar refractivity (Wildman–Crippen MR) is 120 cm³/mol. The van der Waals surface area contributed by atoms with Crippen LogP contribution in [0.3, 0.4) is 0 Å². The van der Waals surface area contributed by atoms with Crippen molar-refractivity contribution in [3.63, 3.8) is 0 Å². The summed E-state index contributed by atoms with van der Waals surface area (Å²) in [5.41, 5.74) is 1.05. The lowest BCUT2D eigenvalue weighted by Gasteiger charge is -2.16. The number of hydrogen-bond donors (Lipinski definition) is 1. The van der Waals surface area contributed by atoms with Crippen LogP contribution in [-0.4, -0.2) is 26.4 Å². The molecule has 1 amide bonds. The van der Waals surface area contributed by atoms with Gasteiger partial charge in [0, 0.05) is 6.54 Å². The van der Waals surface area contributed by atoms with Crippen molar-refractivity contribution in [1.29, 1.82) is 0 Å². The Kier molecular flexibility index (Phi) is 7.92. The third-order valence-corrected chi connectivity index (χ3v) is 5.89. The van der Waals surface area contributed by atoms with Crippen LogP contribution >= 0.6 is 23.4 Å². The summed E-state index contributed by atoms with van der Waals surface area (Å²) in [6.45, 7) is 6.34. The number of amides is 1. The van der Waals surface area contributed by atoms with E-state index < -0.39 is 11.9 Å². The highest BCUT2D eigenvalue weighted by atomic mass is 35.5. The molecule has 0 radical (unpaired) electrons. The molecule has 6 nitrogen and oxygen atoms in total. The number of benzene rings is 2. The Balaban J connectivity index is 1.62. The summed E-state index contributed by atoms with van der Waals surface area (Å²) < 4.78 is 21.0. The molecule has 0 saturated heterocycles. The van der Waals surface area contributed by atoms with Crippen molar-refractivity contribution in [2.75, 3.05) is 5.75 Å². The van der Waals surface area contributed by atoms with Crippen LogP contribution in [0, 0.1) is 5.82 Å². The fraction of sp³-hybridized carbons (Fsp3) is 0.318. The van der Waals surface area contributed by atoms with Gasteiger partial charge in [0.15, 0.2) is 17.1 Å². The standard InChI is InChI=1S/C22H24ClFN4O2S/c1-4-28-21(15(3)30-19-11-10-17(24)12-18(19)23)26-27-22(28)31-13-20(29)25-14(2)16-8-6-5-7-9-16/h5-12,14-15H,4,13H2,1-3H3,(H,25,29). The summed E-state index contributed by atoms with van der Waals surface area (Å²) in [4.78, 5) is 12.4. The Morgan fingerprint density at radius 2 is 1.97 bits per heavy atom. The molecule has 0 aliphatic carbocycles. The van der Waals surface area contributed by atoms with Crippen molar-refractivity contribution in [1.82, 2.24) is 20.1 Å². The third-order valence-electron chi connectivity index (χ3n) is 4.63. The third kappa shape index (κ3) is 5.98. The molecule has 2 atom stereocenters. The molecule has 0 saturated carbocycles. The largest absolute Gasteiger partial charge is 0.481 e. The Hall–Kier alpha value is -2.58. The number of halogens is 2. The van der Waals surface area contributed by atoms with Gasteiger partial charge in [-0.1, -0.05) is 53.7 Å². The van der Waals surface area contributed by atoms with Gasteiger partial charge in [-0.15, -0.1) is 10.2 Å². The van der Waals surface area contributed by atoms with E-state index in [2.05, 4.69) is 15.5 Å². The number of aromatic nitrogens is 3. The van der Waals surface area contributed by atoms with Gasteiger partial charge < -0.3 is 14.6 Å². The lowest BCUT2D eigenvalue weighted by atomic mass is 10.1. The SMILES string of the molecule is CCn1c(SCC(=O)NC(C)c2ccccc2)nnc1C(C)Oc1ccc(F)cc1Cl. The lowest BCUT2D eigenvalue weighted by Crippen LogP contribution is -2.28. The molecule has 0 fully saturated rings. The molecule has 0 aliphatic rings. The Morgan fingerprint density at radius 1 is 1.23 bits per heavy atom. The fourth-order valence-corrected chi connectivity index (χ4v) is 4.09. The smallest absolute Gasteiger partial charge is 0.230 e. The van der Waals surface area contributed by atoms with Crippen molar-refractivity contribution >= 4 is 29.3 Å². The average molecular weight is 463 g/mol. The number of carbonyl (C=O) groups is 1. The van der Waals surface area contributed by atoms with Gasteiger partial charge in [-0.3, -0.25) is 4.79 Å². The first-order valence-electron chi connectivity index (χ1n) is 9.91. The van der Waals surface area contributed by atoms with Crippen LogP contribution in [0.2, 0.25) is 5.02 Å². The molecule has 2 aromatic carbocycles. The molecule has 3 aromatic rings. The van der Waals surface area contributed by atoms with Gasteiger partial charge in [0.05, 0.1) is 16.8 Å². The van der Waals surface area contributed by atoms with Crippen molar-refractivity contribution in [2.45, 2.75) is 44.6 Å². The molecule has 31 heavy (non-hydrogen) atoms. The zero-order valence-electron chi connectivity index (χ0n) is 17.5. The number of ether oxygens (including phenoxy) is 1. The van der Waals surface area contributed by atoms with Crippen LogP contribution < -0.4 is 10.1 Å². The van der Waals surface area contributed by atoms with E-state index in [1.165, 1.54) is 30.0 Å². The predicted octanol–water partition coefficient (Wildman–Crippen LogP) is 5.20. The van der Waals surface area contributed by atoms with Gasteiger partial charge in [-0.25, -0.2) is 4.39 Å². The summed E-state index contributed by atoms with van der Waals surface area (Å²) in [5, 5.41) is 12.3. The summed E-state index contributed by atoms with van der Waals surface area (Å²) in [6, 6.07) is 13.7. The summed E-state index contributed by atoms with van der Waals surface area (Å²) >= 11 is 7.37. The van der Waals surface area contributed by atoms with E-state index in [1.807, 2.05) is 55.7 Å². The molecule has 0 bridgehead atoms. The van der Waals surface area contributed by atoms with E-state index in [4.69, 9.17) is 16.3 Å². The monoisotopic (exact) mass is 462 g/mol. The van der Waals surface area contributed by atoms with Gasteiger partial charge in [0.2, 0.25) is 5.91 Å². The van der Waals surface area contributed by atoms with Gasteiger partial charge in [0.1, 0.15) is 11.6 Å². The second kappa shape index (κ2) is 10.6. The van der Waals surface area contributed by atoms with Crippen LogP contribution in [0.25, 0.3) is 0 Å². The van der Waals surface area contributed by atoms with Crippen LogP contribution in [0.4, 0.5) is 4.39 Å². The molecular formula is C22H24ClFN4O2S. The average Bonchev–Trinajstić information content (AvgIpc) is 3.18. The minimum Gasteiger partial charge on any atom is -0.481 e. The van der Waals surface area contributed by atoms with Crippen LogP contribution in [0.1, 0.15) is 44.3 Å². The van der Waals surface area contributed by atoms with Crippen molar-refractivity contribution in [2.24, 2.45) is 0 Å². The van der Waals surface area contributed by atoms with Gasteiger partial charge in [-0.2, -0.15) is 0 Å². The van der Waals surface area contributed by atoms with E-state index in [1.54, 1.807) is 0 Å². The first-order valence-corrected chi connectivity index (χ1v) is 11.3. The number of rotatable bonds is 9. The molecule has 9 heteroatoms. The second-order valence-electron chi connectivity index (χ2n) is 6.91. The number of nitrogens with one attached hydrogen (secondary N) is 1. The van der Waals surface area contributed by atoms with E-state index in [-0.39, 0.29) is 22.7 Å². The minimum absolute atomic E-state index is 0.0808. The van der Waals surface area contributed by atoms with Crippen LogP contribution in [-0.2, 0) is 11.3 Å². The zero-order valence-corrected chi connectivity index (χ0v) is 19.1. The zero-order chi connectivity index (χ0) is 22.4. The fourth-order valence-electron chi connectivity index (χ4n) is 3.06. The van der Waals surface area contributed by atoms with Crippen molar-refractivity contribution in [3.05, 3.63) is 70.8 Å². The van der Waals surface area contributed by atoms with E-state index in [0.717, 1.165) is 5.56 Å². The number of hydrogen-bond acceptors (Lipinski definition) is 5. The highest BCUT2D eigenvalue weighted by molar-refractivity contribution is 7.99. The van der Waals surface area contributed by atoms with E-state index >= 15 is 0 Å². The maximum atomic E-state index is 13.3. The number of thioether (sulfide) groups is 1. The number of nitrogens with zero attached hydrogens (tertiary/aromatic N) is 3. The Morgan fingerprint density at radius 3 is 2.65 bits per heavy atom. The summed E-state index contributed by atoms with van der Waals surface area (Å²) in [7, 11) is 0.